The van der Waals surface area contributed by atoms with Crippen LogP contribution in [-0.2, 0) is 0 Å². The Balaban J connectivity index is 2.47. The molecule has 2 aromatic carbocycles. The number of hydrogen-bond donors (Lipinski definition) is 0. The summed E-state index contributed by atoms with van der Waals surface area (Å²) in [5.74, 6) is -3.11. The molecule has 0 amide bonds. The fourth-order valence-electron chi connectivity index (χ4n) is 1.92. The molecule has 0 saturated heterocycles. The molecule has 0 unspecified atom stereocenters. The summed E-state index contributed by atoms with van der Waals surface area (Å²) in [7, 11) is 1.52. The minimum absolute atomic E-state index is 0.122. The smallest absolute Gasteiger partial charge is 0.195 e. The van der Waals surface area contributed by atoms with Gasteiger partial charge in [0.15, 0.2) is 17.5 Å². The lowest BCUT2D eigenvalue weighted by Crippen LogP contribution is -1.89. The quantitative estimate of drug-likeness (QED) is 0.591. The van der Waals surface area contributed by atoms with Gasteiger partial charge in [0.2, 0.25) is 0 Å². The largest absolute Gasteiger partial charge is 0.497 e. The molecule has 1 heterocycles. The lowest BCUT2D eigenvalue weighted by molar-refractivity contribution is 0.415. The van der Waals surface area contributed by atoms with Crippen molar-refractivity contribution in [1.29, 1.82) is 0 Å². The van der Waals surface area contributed by atoms with Gasteiger partial charge in [-0.15, -0.1) is 11.3 Å². The minimum atomic E-state index is -1.43. The lowest BCUT2D eigenvalue weighted by atomic mass is 10.1. The molecule has 1 aromatic heterocycles. The van der Waals surface area contributed by atoms with Gasteiger partial charge in [-0.3, -0.25) is 0 Å². The van der Waals surface area contributed by atoms with Gasteiger partial charge in [-0.05, 0) is 24.3 Å². The molecule has 3 aromatic rings. The standard InChI is InChI=1S/C13H7F3OS/c1-17-6-2-3-7-8-5-9(14)11(15)12(16)13(8)18-10(7)4-6/h2-5H,1H3. The zero-order valence-electron chi connectivity index (χ0n) is 9.26. The molecule has 0 aliphatic heterocycles. The summed E-state index contributed by atoms with van der Waals surface area (Å²) >= 11 is 1.08. The third-order valence-corrected chi connectivity index (χ3v) is 3.97. The number of rotatable bonds is 1. The number of methoxy groups -OCH3 is 1. The Morgan fingerprint density at radius 3 is 2.50 bits per heavy atom. The summed E-state index contributed by atoms with van der Waals surface area (Å²) in [6.07, 6.45) is 0. The van der Waals surface area contributed by atoms with Crippen molar-refractivity contribution in [3.05, 3.63) is 41.7 Å². The highest BCUT2D eigenvalue weighted by Gasteiger charge is 2.17. The van der Waals surface area contributed by atoms with E-state index in [0.717, 1.165) is 22.1 Å². The summed E-state index contributed by atoms with van der Waals surface area (Å²) in [6.45, 7) is 0. The Hall–Kier alpha value is -1.75. The summed E-state index contributed by atoms with van der Waals surface area (Å²) < 4.78 is 45.9. The van der Waals surface area contributed by atoms with Gasteiger partial charge in [-0.1, -0.05) is 0 Å². The Bertz CT molecular complexity index is 764. The van der Waals surface area contributed by atoms with E-state index >= 15 is 0 Å². The van der Waals surface area contributed by atoms with Crippen LogP contribution < -0.4 is 4.74 Å². The number of hydrogen-bond acceptors (Lipinski definition) is 2. The fraction of sp³-hybridized carbons (Fsp3) is 0.0769. The molecule has 0 N–H and O–H groups in total. The molecule has 0 saturated carbocycles. The van der Waals surface area contributed by atoms with Crippen LogP contribution >= 0.6 is 11.3 Å². The second-order valence-corrected chi connectivity index (χ2v) is 4.88. The van der Waals surface area contributed by atoms with E-state index in [4.69, 9.17) is 4.74 Å². The first-order valence-corrected chi connectivity index (χ1v) is 5.97. The van der Waals surface area contributed by atoms with Gasteiger partial charge in [0, 0.05) is 15.5 Å². The normalized spacial score (nSPS) is 11.3. The molecule has 0 spiro atoms. The molecule has 1 nitrogen and oxygen atoms in total. The summed E-state index contributed by atoms with van der Waals surface area (Å²) in [5, 5.41) is 1.07. The predicted octanol–water partition coefficient (Wildman–Crippen LogP) is 4.48. The van der Waals surface area contributed by atoms with Crippen molar-refractivity contribution in [2.45, 2.75) is 0 Å². The molecular weight excluding hydrogens is 261 g/mol. The Morgan fingerprint density at radius 1 is 1.00 bits per heavy atom. The molecule has 0 atom stereocenters. The average molecular weight is 268 g/mol. The number of halogens is 3. The highest BCUT2D eigenvalue weighted by Crippen LogP contribution is 2.38. The van der Waals surface area contributed by atoms with E-state index in [0.29, 0.717) is 16.5 Å². The van der Waals surface area contributed by atoms with Crippen molar-refractivity contribution in [1.82, 2.24) is 0 Å². The Kier molecular flexibility index (Phi) is 2.45. The SMILES string of the molecule is COc1ccc2c(c1)sc1c(F)c(F)c(F)cc12. The Labute approximate surface area is 104 Å². The van der Waals surface area contributed by atoms with Crippen LogP contribution in [0.4, 0.5) is 13.2 Å². The van der Waals surface area contributed by atoms with Crippen molar-refractivity contribution < 1.29 is 17.9 Å². The molecule has 0 aliphatic carbocycles. The van der Waals surface area contributed by atoms with Gasteiger partial charge in [-0.2, -0.15) is 0 Å². The van der Waals surface area contributed by atoms with Crippen LogP contribution in [0.2, 0.25) is 0 Å². The monoisotopic (exact) mass is 268 g/mol. The van der Waals surface area contributed by atoms with Gasteiger partial charge in [-0.25, -0.2) is 13.2 Å². The zero-order chi connectivity index (χ0) is 12.9. The maximum atomic E-state index is 13.6. The molecular formula is C13H7F3OS. The first kappa shape index (κ1) is 11.3. The zero-order valence-corrected chi connectivity index (χ0v) is 10.1. The van der Waals surface area contributed by atoms with E-state index in [1.165, 1.54) is 7.11 Å². The van der Waals surface area contributed by atoms with E-state index in [1.807, 2.05) is 0 Å². The van der Waals surface area contributed by atoms with Crippen LogP contribution in [0.3, 0.4) is 0 Å². The van der Waals surface area contributed by atoms with Crippen molar-refractivity contribution >= 4 is 31.5 Å². The molecule has 92 valence electrons. The first-order chi connectivity index (χ1) is 8.61. The van der Waals surface area contributed by atoms with Gasteiger partial charge in [0.05, 0.1) is 11.8 Å². The molecule has 5 heteroatoms. The second kappa shape index (κ2) is 3.88. The summed E-state index contributed by atoms with van der Waals surface area (Å²) in [4.78, 5) is 0. The third-order valence-electron chi connectivity index (χ3n) is 2.81. The summed E-state index contributed by atoms with van der Waals surface area (Å²) in [5.41, 5.74) is 0. The first-order valence-electron chi connectivity index (χ1n) is 5.15. The molecule has 0 fully saturated rings. The molecule has 3 rings (SSSR count). The van der Waals surface area contributed by atoms with Gasteiger partial charge in [0.1, 0.15) is 5.75 Å². The topological polar surface area (TPSA) is 9.23 Å². The minimum Gasteiger partial charge on any atom is -0.497 e. The number of benzene rings is 2. The highest BCUT2D eigenvalue weighted by molar-refractivity contribution is 7.25. The summed E-state index contributed by atoms with van der Waals surface area (Å²) in [6, 6.07) is 6.16. The molecule has 0 bridgehead atoms. The van der Waals surface area contributed by atoms with E-state index in [1.54, 1.807) is 18.2 Å². The number of fused-ring (bicyclic) bond motifs is 3. The van der Waals surface area contributed by atoms with Gasteiger partial charge in [0.25, 0.3) is 0 Å². The number of thiophene rings is 1. The number of ether oxygens (including phenoxy) is 1. The van der Waals surface area contributed by atoms with E-state index in [2.05, 4.69) is 0 Å². The van der Waals surface area contributed by atoms with Crippen LogP contribution in [0.5, 0.6) is 5.75 Å². The van der Waals surface area contributed by atoms with Crippen molar-refractivity contribution in [2.24, 2.45) is 0 Å². The fourth-order valence-corrected chi connectivity index (χ4v) is 3.07. The van der Waals surface area contributed by atoms with Crippen molar-refractivity contribution in [2.75, 3.05) is 7.11 Å². The second-order valence-electron chi connectivity index (χ2n) is 3.83. The van der Waals surface area contributed by atoms with Gasteiger partial charge < -0.3 is 4.74 Å². The van der Waals surface area contributed by atoms with Crippen molar-refractivity contribution in [3.63, 3.8) is 0 Å². The molecule has 18 heavy (non-hydrogen) atoms. The predicted molar refractivity (Wildman–Crippen MR) is 65.8 cm³/mol. The maximum absolute atomic E-state index is 13.6. The van der Waals surface area contributed by atoms with Crippen LogP contribution in [0.25, 0.3) is 20.2 Å². The molecule has 0 radical (unpaired) electrons. The van der Waals surface area contributed by atoms with Gasteiger partial charge >= 0.3 is 0 Å². The van der Waals surface area contributed by atoms with E-state index < -0.39 is 17.5 Å². The van der Waals surface area contributed by atoms with Crippen LogP contribution in [-0.4, -0.2) is 7.11 Å². The van der Waals surface area contributed by atoms with Crippen LogP contribution in [0, 0.1) is 17.5 Å². The maximum Gasteiger partial charge on any atom is 0.195 e. The molecule has 0 aliphatic rings. The van der Waals surface area contributed by atoms with E-state index in [-0.39, 0.29) is 4.70 Å². The average Bonchev–Trinajstić information content (AvgIpc) is 2.74. The Morgan fingerprint density at radius 2 is 1.78 bits per heavy atom. The van der Waals surface area contributed by atoms with Crippen LogP contribution in [0.1, 0.15) is 0 Å². The van der Waals surface area contributed by atoms with E-state index in [9.17, 15) is 13.2 Å². The van der Waals surface area contributed by atoms with Crippen molar-refractivity contribution in [3.8, 4) is 5.75 Å². The lowest BCUT2D eigenvalue weighted by Gasteiger charge is -1.99. The third kappa shape index (κ3) is 1.47. The van der Waals surface area contributed by atoms with Crippen LogP contribution in [0.15, 0.2) is 24.3 Å². The highest BCUT2D eigenvalue weighted by atomic mass is 32.1.